The van der Waals surface area contributed by atoms with Gasteiger partial charge in [0.1, 0.15) is 0 Å². The molecule has 110 valence electrons. The maximum absolute atomic E-state index is 10.6. The third-order valence-corrected chi connectivity index (χ3v) is 5.79. The topological polar surface area (TPSA) is 37.3 Å². The molecule has 0 heterocycles. The highest BCUT2D eigenvalue weighted by Gasteiger charge is 2.30. The van der Waals surface area contributed by atoms with Crippen molar-refractivity contribution in [3.05, 3.63) is 0 Å². The number of aliphatic carboxylic acids is 1. The van der Waals surface area contributed by atoms with E-state index in [1.54, 1.807) is 0 Å². The number of carboxylic acids is 1. The molecule has 0 aromatic carbocycles. The first-order chi connectivity index (χ1) is 9.19. The Morgan fingerprint density at radius 2 is 1.37 bits per heavy atom. The molecular weight excluding hydrogens is 236 g/mol. The molecule has 2 aliphatic carbocycles. The number of hydrogen-bond donors (Lipinski definition) is 1. The van der Waals surface area contributed by atoms with E-state index in [2.05, 4.69) is 6.92 Å². The van der Waals surface area contributed by atoms with Gasteiger partial charge in [-0.1, -0.05) is 39.0 Å². The van der Waals surface area contributed by atoms with E-state index in [0.29, 0.717) is 12.3 Å². The molecule has 2 rings (SSSR count). The van der Waals surface area contributed by atoms with Gasteiger partial charge in [0.15, 0.2) is 0 Å². The van der Waals surface area contributed by atoms with Gasteiger partial charge in [-0.3, -0.25) is 4.79 Å². The van der Waals surface area contributed by atoms with E-state index < -0.39 is 5.97 Å². The van der Waals surface area contributed by atoms with E-state index in [0.717, 1.165) is 24.2 Å². The van der Waals surface area contributed by atoms with E-state index in [1.807, 2.05) is 0 Å². The first-order valence-electron chi connectivity index (χ1n) is 8.40. The van der Waals surface area contributed by atoms with Crippen LogP contribution in [-0.4, -0.2) is 11.1 Å². The van der Waals surface area contributed by atoms with E-state index in [-0.39, 0.29) is 0 Å². The second-order valence-corrected chi connectivity index (χ2v) is 6.90. The summed E-state index contributed by atoms with van der Waals surface area (Å²) in [4.78, 5) is 10.6. The van der Waals surface area contributed by atoms with Crippen LogP contribution in [0.15, 0.2) is 0 Å². The van der Waals surface area contributed by atoms with Crippen LogP contribution in [0.3, 0.4) is 0 Å². The first kappa shape index (κ1) is 14.9. The smallest absolute Gasteiger partial charge is 0.303 e. The van der Waals surface area contributed by atoms with Crippen LogP contribution >= 0.6 is 0 Å². The summed E-state index contributed by atoms with van der Waals surface area (Å²) < 4.78 is 0. The van der Waals surface area contributed by atoms with Gasteiger partial charge in [-0.2, -0.15) is 0 Å². The Morgan fingerprint density at radius 3 is 1.79 bits per heavy atom. The molecule has 0 unspecified atom stereocenters. The lowest BCUT2D eigenvalue weighted by atomic mass is 9.68. The van der Waals surface area contributed by atoms with Crippen molar-refractivity contribution in [1.82, 2.24) is 0 Å². The lowest BCUT2D eigenvalue weighted by Gasteiger charge is -2.37. The van der Waals surface area contributed by atoms with Gasteiger partial charge in [-0.05, 0) is 55.8 Å². The maximum Gasteiger partial charge on any atom is 0.303 e. The van der Waals surface area contributed by atoms with Gasteiger partial charge < -0.3 is 5.11 Å². The number of rotatable bonds is 5. The molecule has 0 atom stereocenters. The summed E-state index contributed by atoms with van der Waals surface area (Å²) in [6, 6.07) is 0. The maximum atomic E-state index is 10.6. The Morgan fingerprint density at radius 1 is 0.895 bits per heavy atom. The minimum atomic E-state index is -0.625. The van der Waals surface area contributed by atoms with Crippen molar-refractivity contribution in [1.29, 1.82) is 0 Å². The van der Waals surface area contributed by atoms with Crippen LogP contribution < -0.4 is 0 Å². The van der Waals surface area contributed by atoms with Crippen LogP contribution in [0.4, 0.5) is 0 Å². The minimum Gasteiger partial charge on any atom is -0.481 e. The fourth-order valence-corrected chi connectivity index (χ4v) is 4.34. The highest BCUT2D eigenvalue weighted by atomic mass is 16.4. The molecule has 2 aliphatic rings. The summed E-state index contributed by atoms with van der Waals surface area (Å²) in [5.41, 5.74) is 0. The summed E-state index contributed by atoms with van der Waals surface area (Å²) in [6.07, 6.45) is 13.8. The van der Waals surface area contributed by atoms with Crippen molar-refractivity contribution in [2.75, 3.05) is 0 Å². The lowest BCUT2D eigenvalue weighted by Crippen LogP contribution is -2.25. The zero-order valence-electron chi connectivity index (χ0n) is 12.4. The Kier molecular flexibility index (Phi) is 5.72. The molecule has 2 fully saturated rings. The van der Waals surface area contributed by atoms with Crippen LogP contribution in [0.1, 0.15) is 77.6 Å². The Balaban J connectivity index is 1.67. The third-order valence-electron chi connectivity index (χ3n) is 5.79. The van der Waals surface area contributed by atoms with Crippen molar-refractivity contribution in [2.24, 2.45) is 23.7 Å². The van der Waals surface area contributed by atoms with E-state index in [9.17, 15) is 4.79 Å². The Labute approximate surface area is 118 Å². The largest absolute Gasteiger partial charge is 0.481 e. The van der Waals surface area contributed by atoms with Gasteiger partial charge in [0.2, 0.25) is 0 Å². The molecule has 0 aliphatic heterocycles. The fraction of sp³-hybridized carbons (Fsp3) is 0.941. The van der Waals surface area contributed by atoms with E-state index in [1.165, 1.54) is 57.8 Å². The van der Waals surface area contributed by atoms with Gasteiger partial charge in [-0.25, -0.2) is 0 Å². The van der Waals surface area contributed by atoms with Crippen molar-refractivity contribution >= 4 is 5.97 Å². The lowest BCUT2D eigenvalue weighted by molar-refractivity contribution is -0.137. The molecule has 0 bridgehead atoms. The second-order valence-electron chi connectivity index (χ2n) is 6.90. The van der Waals surface area contributed by atoms with Gasteiger partial charge >= 0.3 is 5.97 Å². The summed E-state index contributed by atoms with van der Waals surface area (Å²) in [5.74, 6) is 3.02. The van der Waals surface area contributed by atoms with Crippen molar-refractivity contribution in [2.45, 2.75) is 77.6 Å². The Hall–Kier alpha value is -0.530. The number of hydrogen-bond acceptors (Lipinski definition) is 1. The summed E-state index contributed by atoms with van der Waals surface area (Å²) in [7, 11) is 0. The summed E-state index contributed by atoms with van der Waals surface area (Å²) in [5, 5.41) is 8.75. The molecule has 1 N–H and O–H groups in total. The van der Waals surface area contributed by atoms with Crippen LogP contribution in [0.5, 0.6) is 0 Å². The van der Waals surface area contributed by atoms with Crippen LogP contribution in [-0.2, 0) is 4.79 Å². The van der Waals surface area contributed by atoms with Crippen LogP contribution in [0.2, 0.25) is 0 Å². The first-order valence-corrected chi connectivity index (χ1v) is 8.40. The quantitative estimate of drug-likeness (QED) is 0.770. The standard InChI is InChI=1S/C17H30O2/c1-2-13-3-8-15(9-4-13)16-10-5-14(6-11-16)7-12-17(18)19/h13-16H,2-12H2,1H3,(H,18,19)/t13-,14?,15-,16?. The number of carboxylic acid groups (broad SMARTS) is 1. The molecule has 2 nitrogen and oxygen atoms in total. The third kappa shape index (κ3) is 4.50. The predicted molar refractivity (Wildman–Crippen MR) is 78.1 cm³/mol. The summed E-state index contributed by atoms with van der Waals surface area (Å²) in [6.45, 7) is 2.33. The van der Waals surface area contributed by atoms with E-state index >= 15 is 0 Å². The normalized spacial score (nSPS) is 36.1. The molecule has 0 aromatic heterocycles. The zero-order chi connectivity index (χ0) is 13.7. The van der Waals surface area contributed by atoms with Crippen LogP contribution in [0, 0.1) is 23.7 Å². The molecule has 19 heavy (non-hydrogen) atoms. The molecule has 2 saturated carbocycles. The Bertz CT molecular complexity index is 271. The van der Waals surface area contributed by atoms with Crippen LogP contribution in [0.25, 0.3) is 0 Å². The number of carbonyl (C=O) groups is 1. The SMILES string of the molecule is CC[C@H]1CC[C@H](C2CCC(CCC(=O)O)CC2)CC1. The molecular formula is C17H30O2. The van der Waals surface area contributed by atoms with E-state index in [4.69, 9.17) is 5.11 Å². The van der Waals surface area contributed by atoms with Crippen molar-refractivity contribution in [3.63, 3.8) is 0 Å². The summed E-state index contributed by atoms with van der Waals surface area (Å²) >= 11 is 0. The van der Waals surface area contributed by atoms with Crippen molar-refractivity contribution in [3.8, 4) is 0 Å². The molecule has 0 aromatic rings. The van der Waals surface area contributed by atoms with Gasteiger partial charge in [0.25, 0.3) is 0 Å². The molecule has 0 spiro atoms. The molecule has 0 radical (unpaired) electrons. The minimum absolute atomic E-state index is 0.372. The average molecular weight is 266 g/mol. The van der Waals surface area contributed by atoms with Gasteiger partial charge in [0.05, 0.1) is 0 Å². The molecule has 0 saturated heterocycles. The average Bonchev–Trinajstić information content (AvgIpc) is 2.46. The van der Waals surface area contributed by atoms with Crippen molar-refractivity contribution < 1.29 is 9.90 Å². The predicted octanol–water partition coefficient (Wildman–Crippen LogP) is 4.87. The second kappa shape index (κ2) is 7.31. The fourth-order valence-electron chi connectivity index (χ4n) is 4.34. The zero-order valence-corrected chi connectivity index (χ0v) is 12.4. The molecule has 0 amide bonds. The molecule has 2 heteroatoms. The van der Waals surface area contributed by atoms with Gasteiger partial charge in [0, 0.05) is 6.42 Å². The highest BCUT2D eigenvalue weighted by molar-refractivity contribution is 5.66. The van der Waals surface area contributed by atoms with Gasteiger partial charge in [-0.15, -0.1) is 0 Å². The highest BCUT2D eigenvalue weighted by Crippen LogP contribution is 2.42. The monoisotopic (exact) mass is 266 g/mol.